The van der Waals surface area contributed by atoms with Gasteiger partial charge in [0.05, 0.1) is 5.33 Å². The van der Waals surface area contributed by atoms with Gasteiger partial charge < -0.3 is 0 Å². The first-order chi connectivity index (χ1) is 2.27. The Labute approximate surface area is 38.8 Å². The van der Waals surface area contributed by atoms with Gasteiger partial charge in [0.15, 0.2) is 0 Å². The third kappa shape index (κ3) is 4.15. The van der Waals surface area contributed by atoms with Crippen LogP contribution in [0.2, 0.25) is 0 Å². The molecule has 0 bridgehead atoms. The van der Waals surface area contributed by atoms with Crippen LogP contribution in [0.25, 0.3) is 0 Å². The first kappa shape index (κ1) is 5.15. The van der Waals surface area contributed by atoms with Crippen LogP contribution in [-0.4, -0.2) is 5.33 Å². The molecule has 0 amide bonds. The second-order valence-corrected chi connectivity index (χ2v) is 1.21. The van der Waals surface area contributed by atoms with Gasteiger partial charge in [0.1, 0.15) is 5.83 Å². The zero-order valence-corrected chi connectivity index (χ0v) is 4.26. The molecule has 0 radical (unpaired) electrons. The summed E-state index contributed by atoms with van der Waals surface area (Å²) in [7, 11) is 0. The van der Waals surface area contributed by atoms with Crippen molar-refractivity contribution in [2.24, 2.45) is 0 Å². The maximum Gasteiger partial charge on any atom is 0.103 e. The number of alkyl halides is 1. The summed E-state index contributed by atoms with van der Waals surface area (Å²) in [5, 5.41) is 0.257. The average Bonchev–Trinajstić information content (AvgIpc) is 1.38. The Morgan fingerprint density at radius 3 is 2.20 bits per heavy atom. The van der Waals surface area contributed by atoms with E-state index in [1.54, 1.807) is 0 Å². The number of allylic oxidation sites excluding steroid dienone is 1. The van der Waals surface area contributed by atoms with E-state index in [9.17, 15) is 4.39 Å². The van der Waals surface area contributed by atoms with Crippen molar-refractivity contribution < 1.29 is 4.39 Å². The van der Waals surface area contributed by atoms with Gasteiger partial charge in [-0.3, -0.25) is 0 Å². The van der Waals surface area contributed by atoms with Crippen molar-refractivity contribution in [2.75, 3.05) is 5.33 Å². The van der Waals surface area contributed by atoms with Crippen molar-refractivity contribution in [1.82, 2.24) is 0 Å². The van der Waals surface area contributed by atoms with Crippen molar-refractivity contribution in [3.8, 4) is 0 Å². The molecule has 0 rings (SSSR count). The van der Waals surface area contributed by atoms with Gasteiger partial charge in [-0.25, -0.2) is 4.39 Å². The lowest BCUT2D eigenvalue weighted by atomic mass is 10.7. The van der Waals surface area contributed by atoms with Crippen LogP contribution in [0.4, 0.5) is 4.39 Å². The lowest BCUT2D eigenvalue weighted by Crippen LogP contribution is -1.61. The van der Waals surface area contributed by atoms with Gasteiger partial charge in [-0.2, -0.15) is 0 Å². The van der Waals surface area contributed by atoms with E-state index in [2.05, 4.69) is 22.5 Å². The minimum atomic E-state index is -0.329. The zero-order valence-electron chi connectivity index (χ0n) is 2.67. The smallest absolute Gasteiger partial charge is 0.103 e. The van der Waals surface area contributed by atoms with Gasteiger partial charge >= 0.3 is 0 Å². The highest BCUT2D eigenvalue weighted by Crippen LogP contribution is 1.93. The summed E-state index contributed by atoms with van der Waals surface area (Å²) in [4.78, 5) is 0. The van der Waals surface area contributed by atoms with Gasteiger partial charge in [-0.15, -0.1) is 0 Å². The minimum Gasteiger partial charge on any atom is -0.212 e. The molecule has 0 N–H and O–H groups in total. The van der Waals surface area contributed by atoms with Crippen LogP contribution < -0.4 is 0 Å². The standard InChI is InChI=1S/C3H4BrF/c1-3(5)2-4/h1-2H2. The third-order valence-electron chi connectivity index (χ3n) is 0.145. The summed E-state index contributed by atoms with van der Waals surface area (Å²) in [6, 6.07) is 0. The normalized spacial score (nSPS) is 7.60. The van der Waals surface area contributed by atoms with E-state index in [-0.39, 0.29) is 11.2 Å². The molecule has 0 aliphatic rings. The van der Waals surface area contributed by atoms with Gasteiger partial charge in [0.2, 0.25) is 0 Å². The Balaban J connectivity index is 2.85. The summed E-state index contributed by atoms with van der Waals surface area (Å²) < 4.78 is 11.2. The molecule has 0 aliphatic heterocycles. The van der Waals surface area contributed by atoms with Crippen LogP contribution in [0, 0.1) is 0 Å². The largest absolute Gasteiger partial charge is 0.212 e. The molecule has 0 nitrogen and oxygen atoms in total. The Kier molecular flexibility index (Phi) is 2.46. The predicted octanol–water partition coefficient (Wildman–Crippen LogP) is 1.86. The van der Waals surface area contributed by atoms with Gasteiger partial charge in [-0.05, 0) is 0 Å². The Morgan fingerprint density at radius 2 is 2.20 bits per heavy atom. The molecule has 30 valence electrons. The van der Waals surface area contributed by atoms with Crippen molar-refractivity contribution in [3.05, 3.63) is 12.4 Å². The molecule has 0 atom stereocenters. The predicted molar refractivity (Wildman–Crippen MR) is 24.0 cm³/mol. The molecule has 0 fully saturated rings. The fourth-order valence-electron chi connectivity index (χ4n) is 0. The lowest BCUT2D eigenvalue weighted by molar-refractivity contribution is 0.651. The van der Waals surface area contributed by atoms with Crippen molar-refractivity contribution in [3.63, 3.8) is 0 Å². The molecule has 5 heavy (non-hydrogen) atoms. The van der Waals surface area contributed by atoms with Crippen molar-refractivity contribution in [2.45, 2.75) is 0 Å². The molecular formula is C3H4BrF. The lowest BCUT2D eigenvalue weighted by Gasteiger charge is -1.72. The van der Waals surface area contributed by atoms with Crippen LogP contribution in [0.15, 0.2) is 12.4 Å². The van der Waals surface area contributed by atoms with E-state index in [4.69, 9.17) is 0 Å². The topological polar surface area (TPSA) is 0 Å². The molecule has 0 saturated carbocycles. The molecule has 0 spiro atoms. The Hall–Kier alpha value is 0.150. The molecule has 2 heteroatoms. The van der Waals surface area contributed by atoms with Crippen LogP contribution in [-0.2, 0) is 0 Å². The Morgan fingerprint density at radius 1 is 2.00 bits per heavy atom. The molecule has 0 aromatic rings. The highest BCUT2D eigenvalue weighted by atomic mass is 79.9. The Bertz CT molecular complexity index is 42.2. The van der Waals surface area contributed by atoms with Crippen LogP contribution in [0.3, 0.4) is 0 Å². The highest BCUT2D eigenvalue weighted by molar-refractivity contribution is 9.09. The maximum absolute atomic E-state index is 11.2. The number of halogens is 2. The highest BCUT2D eigenvalue weighted by Gasteiger charge is 1.75. The minimum absolute atomic E-state index is 0.257. The summed E-state index contributed by atoms with van der Waals surface area (Å²) in [6.07, 6.45) is 0. The maximum atomic E-state index is 11.2. The third-order valence-corrected chi connectivity index (χ3v) is 0.753. The van der Waals surface area contributed by atoms with Gasteiger partial charge in [0.25, 0.3) is 0 Å². The van der Waals surface area contributed by atoms with Gasteiger partial charge in [-0.1, -0.05) is 22.5 Å². The zero-order chi connectivity index (χ0) is 4.28. The van der Waals surface area contributed by atoms with E-state index < -0.39 is 0 Å². The number of hydrogen-bond donors (Lipinski definition) is 0. The first-order valence-corrected chi connectivity index (χ1v) is 2.28. The number of rotatable bonds is 1. The van der Waals surface area contributed by atoms with E-state index in [1.165, 1.54) is 0 Å². The van der Waals surface area contributed by atoms with E-state index in [1.807, 2.05) is 0 Å². The van der Waals surface area contributed by atoms with E-state index in [0.717, 1.165) is 0 Å². The summed E-state index contributed by atoms with van der Waals surface area (Å²) in [6.45, 7) is 2.96. The second kappa shape index (κ2) is 2.39. The molecule has 0 aliphatic carbocycles. The molecule has 0 unspecified atom stereocenters. The summed E-state index contributed by atoms with van der Waals surface area (Å²) in [5.41, 5.74) is 0. The van der Waals surface area contributed by atoms with E-state index in [0.29, 0.717) is 0 Å². The van der Waals surface area contributed by atoms with Crippen molar-refractivity contribution in [1.29, 1.82) is 0 Å². The number of hydrogen-bond acceptors (Lipinski definition) is 0. The fourth-order valence-corrected chi connectivity index (χ4v) is 0. The molecule has 0 heterocycles. The average molecular weight is 139 g/mol. The molecule has 0 aromatic carbocycles. The quantitative estimate of drug-likeness (QED) is 0.486. The van der Waals surface area contributed by atoms with E-state index >= 15 is 0 Å². The van der Waals surface area contributed by atoms with Gasteiger partial charge in [0, 0.05) is 0 Å². The summed E-state index contributed by atoms with van der Waals surface area (Å²) in [5.74, 6) is -0.329. The molecule has 0 saturated heterocycles. The SMILES string of the molecule is C=C(F)CBr. The van der Waals surface area contributed by atoms with Crippen LogP contribution in [0.5, 0.6) is 0 Å². The first-order valence-electron chi connectivity index (χ1n) is 1.16. The molecular weight excluding hydrogens is 135 g/mol. The second-order valence-electron chi connectivity index (χ2n) is 0.651. The van der Waals surface area contributed by atoms with Crippen LogP contribution >= 0.6 is 15.9 Å². The summed E-state index contributed by atoms with van der Waals surface area (Å²) >= 11 is 2.84. The van der Waals surface area contributed by atoms with Crippen LogP contribution in [0.1, 0.15) is 0 Å². The fraction of sp³-hybridized carbons (Fsp3) is 0.333. The monoisotopic (exact) mass is 138 g/mol. The van der Waals surface area contributed by atoms with Crippen molar-refractivity contribution >= 4 is 15.9 Å². The molecule has 0 aromatic heterocycles.